The minimum atomic E-state index is 0. The molecule has 1 heterocycles. The van der Waals surface area contributed by atoms with Crippen molar-refractivity contribution in [2.45, 2.75) is 0 Å². The largest absolute Gasteiger partial charge is 0.497 e. The molecule has 0 saturated heterocycles. The molecule has 3 aromatic rings. The van der Waals surface area contributed by atoms with E-state index in [1.165, 1.54) is 0 Å². The number of nitrogens with zero attached hydrogens (tertiary/aromatic N) is 2. The van der Waals surface area contributed by atoms with Crippen LogP contribution in [0.3, 0.4) is 0 Å². The highest BCUT2D eigenvalue weighted by Gasteiger charge is 2.09. The molecule has 0 amide bonds. The van der Waals surface area contributed by atoms with Crippen molar-refractivity contribution < 1.29 is 4.74 Å². The molecule has 3 rings (SSSR count). The number of methoxy groups -OCH3 is 1. The first-order valence-electron chi connectivity index (χ1n) is 6.51. The molecule has 0 aliphatic heterocycles. The van der Waals surface area contributed by atoms with Crippen molar-refractivity contribution in [3.63, 3.8) is 0 Å². The van der Waals surface area contributed by atoms with Gasteiger partial charge < -0.3 is 10.1 Å². The lowest BCUT2D eigenvalue weighted by molar-refractivity contribution is 0.415. The van der Waals surface area contributed by atoms with Gasteiger partial charge in [-0.3, -0.25) is 4.98 Å². The Labute approximate surface area is 134 Å². The van der Waals surface area contributed by atoms with Crippen LogP contribution in [0.2, 0.25) is 0 Å². The van der Waals surface area contributed by atoms with E-state index in [2.05, 4.69) is 16.4 Å². The molecule has 1 aromatic heterocycles. The third kappa shape index (κ3) is 2.95. The minimum absolute atomic E-state index is 0. The standard InChI is InChI=1S/C17H13N3O.ClH/c1-21-14-6-4-5-13(9-14)20-17-12(10-18)11-19-16-8-3-2-7-15(16)17;/h2-9,11H,1H3,(H,19,20);1H. The Hall–Kier alpha value is -2.77. The second kappa shape index (κ2) is 6.79. The molecular weight excluding hydrogens is 298 g/mol. The highest BCUT2D eigenvalue weighted by molar-refractivity contribution is 5.95. The van der Waals surface area contributed by atoms with Gasteiger partial charge in [-0.15, -0.1) is 12.4 Å². The summed E-state index contributed by atoms with van der Waals surface area (Å²) in [5, 5.41) is 13.5. The van der Waals surface area contributed by atoms with Crippen molar-refractivity contribution in [2.24, 2.45) is 0 Å². The molecule has 2 aromatic carbocycles. The van der Waals surface area contributed by atoms with Gasteiger partial charge in [0.1, 0.15) is 11.8 Å². The summed E-state index contributed by atoms with van der Waals surface area (Å²) in [6.07, 6.45) is 1.59. The number of benzene rings is 2. The number of hydrogen-bond donors (Lipinski definition) is 1. The molecule has 0 spiro atoms. The van der Waals surface area contributed by atoms with Crippen molar-refractivity contribution >= 4 is 34.7 Å². The van der Waals surface area contributed by atoms with Crippen LogP contribution in [0, 0.1) is 11.3 Å². The van der Waals surface area contributed by atoms with Crippen molar-refractivity contribution in [3.8, 4) is 11.8 Å². The summed E-state index contributed by atoms with van der Waals surface area (Å²) in [4.78, 5) is 4.30. The van der Waals surface area contributed by atoms with Crippen LogP contribution in [0.15, 0.2) is 54.7 Å². The summed E-state index contributed by atoms with van der Waals surface area (Å²) in [7, 11) is 1.63. The molecule has 4 nitrogen and oxygen atoms in total. The van der Waals surface area contributed by atoms with Crippen molar-refractivity contribution in [3.05, 3.63) is 60.3 Å². The summed E-state index contributed by atoms with van der Waals surface area (Å²) >= 11 is 0. The molecule has 0 bridgehead atoms. The number of anilines is 2. The molecule has 0 atom stereocenters. The maximum Gasteiger partial charge on any atom is 0.120 e. The zero-order valence-corrected chi connectivity index (χ0v) is 12.7. The van der Waals surface area contributed by atoms with Gasteiger partial charge in [0.2, 0.25) is 0 Å². The highest BCUT2D eigenvalue weighted by Crippen LogP contribution is 2.29. The lowest BCUT2D eigenvalue weighted by atomic mass is 10.1. The number of halogens is 1. The van der Waals surface area contributed by atoms with Crippen molar-refractivity contribution in [1.82, 2.24) is 4.98 Å². The zero-order chi connectivity index (χ0) is 14.7. The van der Waals surface area contributed by atoms with Gasteiger partial charge in [-0.1, -0.05) is 24.3 Å². The summed E-state index contributed by atoms with van der Waals surface area (Å²) in [5.41, 5.74) is 2.98. The fraction of sp³-hybridized carbons (Fsp3) is 0.0588. The van der Waals surface area contributed by atoms with Crippen LogP contribution in [-0.4, -0.2) is 12.1 Å². The van der Waals surface area contributed by atoms with E-state index >= 15 is 0 Å². The van der Waals surface area contributed by atoms with Crippen LogP contribution in [0.25, 0.3) is 10.9 Å². The van der Waals surface area contributed by atoms with E-state index < -0.39 is 0 Å². The number of rotatable bonds is 3. The quantitative estimate of drug-likeness (QED) is 0.784. The topological polar surface area (TPSA) is 57.9 Å². The molecule has 0 saturated carbocycles. The smallest absolute Gasteiger partial charge is 0.120 e. The number of hydrogen-bond acceptors (Lipinski definition) is 4. The van der Waals surface area contributed by atoms with Crippen molar-refractivity contribution in [2.75, 3.05) is 12.4 Å². The van der Waals surface area contributed by atoms with Gasteiger partial charge in [-0.05, 0) is 18.2 Å². The Balaban J connectivity index is 0.00000176. The van der Waals surface area contributed by atoms with Crippen LogP contribution in [-0.2, 0) is 0 Å². The van der Waals surface area contributed by atoms with Crippen LogP contribution < -0.4 is 10.1 Å². The SMILES string of the molecule is COc1cccc(Nc2c(C#N)cnc3ccccc23)c1.Cl. The molecule has 1 N–H and O–H groups in total. The van der Waals surface area contributed by atoms with Crippen LogP contribution in [0.4, 0.5) is 11.4 Å². The number of nitriles is 1. The van der Waals surface area contributed by atoms with E-state index in [4.69, 9.17) is 4.74 Å². The average molecular weight is 312 g/mol. The Morgan fingerprint density at radius 3 is 2.73 bits per heavy atom. The fourth-order valence-electron chi connectivity index (χ4n) is 2.21. The molecule has 0 aliphatic carbocycles. The van der Waals surface area contributed by atoms with Crippen LogP contribution in [0.5, 0.6) is 5.75 Å². The maximum atomic E-state index is 9.30. The number of para-hydroxylation sites is 1. The van der Waals surface area contributed by atoms with E-state index in [-0.39, 0.29) is 12.4 Å². The molecule has 0 aliphatic rings. The lowest BCUT2D eigenvalue weighted by Crippen LogP contribution is -1.97. The van der Waals surface area contributed by atoms with Gasteiger partial charge in [0.15, 0.2) is 0 Å². The lowest BCUT2D eigenvalue weighted by Gasteiger charge is -2.12. The number of aromatic nitrogens is 1. The first kappa shape index (κ1) is 15.6. The Morgan fingerprint density at radius 1 is 1.14 bits per heavy atom. The summed E-state index contributed by atoms with van der Waals surface area (Å²) < 4.78 is 5.22. The predicted molar refractivity (Wildman–Crippen MR) is 90.0 cm³/mol. The summed E-state index contributed by atoms with van der Waals surface area (Å²) in [6, 6.07) is 17.5. The van der Waals surface area contributed by atoms with Gasteiger partial charge in [0, 0.05) is 23.3 Å². The highest BCUT2D eigenvalue weighted by atomic mass is 35.5. The van der Waals surface area contributed by atoms with Gasteiger partial charge in [-0.25, -0.2) is 0 Å². The molecule has 110 valence electrons. The van der Waals surface area contributed by atoms with E-state index in [1.807, 2.05) is 48.5 Å². The minimum Gasteiger partial charge on any atom is -0.497 e. The summed E-state index contributed by atoms with van der Waals surface area (Å²) in [6.45, 7) is 0. The summed E-state index contributed by atoms with van der Waals surface area (Å²) in [5.74, 6) is 0.761. The van der Waals surface area contributed by atoms with Crippen LogP contribution in [0.1, 0.15) is 5.56 Å². The van der Waals surface area contributed by atoms with Crippen LogP contribution >= 0.6 is 12.4 Å². The van der Waals surface area contributed by atoms with E-state index in [0.717, 1.165) is 28.0 Å². The number of fused-ring (bicyclic) bond motifs is 1. The molecule has 0 fully saturated rings. The Bertz CT molecular complexity index is 843. The van der Waals surface area contributed by atoms with E-state index in [9.17, 15) is 5.26 Å². The van der Waals surface area contributed by atoms with Gasteiger partial charge >= 0.3 is 0 Å². The second-order valence-electron chi connectivity index (χ2n) is 4.53. The van der Waals surface area contributed by atoms with Gasteiger partial charge in [0.25, 0.3) is 0 Å². The Kier molecular flexibility index (Phi) is 4.82. The molecular formula is C17H14ClN3O. The zero-order valence-electron chi connectivity index (χ0n) is 11.9. The third-order valence-corrected chi connectivity index (χ3v) is 3.23. The van der Waals surface area contributed by atoms with Crippen molar-refractivity contribution in [1.29, 1.82) is 5.26 Å². The van der Waals surface area contributed by atoms with E-state index in [0.29, 0.717) is 5.56 Å². The molecule has 0 unspecified atom stereocenters. The number of nitrogens with one attached hydrogen (secondary N) is 1. The molecule has 22 heavy (non-hydrogen) atoms. The predicted octanol–water partition coefficient (Wildman–Crippen LogP) is 4.28. The Morgan fingerprint density at radius 2 is 1.95 bits per heavy atom. The maximum absolute atomic E-state index is 9.30. The van der Waals surface area contributed by atoms with E-state index in [1.54, 1.807) is 13.3 Å². The van der Waals surface area contributed by atoms with Gasteiger partial charge in [0.05, 0.1) is 23.9 Å². The molecule has 5 heteroatoms. The monoisotopic (exact) mass is 311 g/mol. The first-order valence-corrected chi connectivity index (χ1v) is 6.51. The first-order chi connectivity index (χ1) is 10.3. The molecule has 0 radical (unpaired) electrons. The third-order valence-electron chi connectivity index (χ3n) is 3.23. The number of ether oxygens (including phenoxy) is 1. The normalized spacial score (nSPS) is 9.64. The van der Waals surface area contributed by atoms with Gasteiger partial charge in [-0.2, -0.15) is 5.26 Å². The fourth-order valence-corrected chi connectivity index (χ4v) is 2.21. The average Bonchev–Trinajstić information content (AvgIpc) is 2.55. The number of pyridine rings is 1. The second-order valence-corrected chi connectivity index (χ2v) is 4.53.